The monoisotopic (exact) mass is 446 g/mol. The van der Waals surface area contributed by atoms with E-state index >= 15 is 0 Å². The van der Waals surface area contributed by atoms with E-state index in [-0.39, 0.29) is 17.6 Å². The van der Waals surface area contributed by atoms with E-state index in [1.165, 1.54) is 22.3 Å². The summed E-state index contributed by atoms with van der Waals surface area (Å²) in [4.78, 5) is 29.3. The minimum absolute atomic E-state index is 0.116. The van der Waals surface area contributed by atoms with E-state index in [1.54, 1.807) is 24.0 Å². The number of carbonyl (C=O) groups excluding carboxylic acids is 2. The van der Waals surface area contributed by atoms with Crippen molar-refractivity contribution in [3.05, 3.63) is 26.8 Å². The summed E-state index contributed by atoms with van der Waals surface area (Å²) in [5, 5.41) is 1.13. The first-order valence-electron chi connectivity index (χ1n) is 9.10. The van der Waals surface area contributed by atoms with Crippen molar-refractivity contribution in [1.29, 1.82) is 0 Å². The number of sulfone groups is 1. The molecule has 7 nitrogen and oxygen atoms in total. The maximum absolute atomic E-state index is 12.7. The van der Waals surface area contributed by atoms with Crippen LogP contribution in [-0.2, 0) is 24.2 Å². The van der Waals surface area contributed by atoms with Gasteiger partial charge in [-0.2, -0.15) is 0 Å². The van der Waals surface area contributed by atoms with E-state index in [4.69, 9.17) is 16.3 Å². The number of thiophene rings is 1. The molecule has 1 aromatic rings. The number of likely N-dealkylation sites (tertiary alicyclic amines) is 1. The molecule has 3 rings (SSSR count). The number of carbonyl (C=O) groups is 2. The molecule has 0 aromatic carbocycles. The van der Waals surface area contributed by atoms with E-state index in [0.717, 1.165) is 10.3 Å². The number of hydrogen-bond acceptors (Lipinski definition) is 6. The molecule has 0 radical (unpaired) electrons. The second-order valence-electron chi connectivity index (χ2n) is 6.91. The molecule has 1 aromatic heterocycles. The van der Waals surface area contributed by atoms with Crippen molar-refractivity contribution >= 4 is 50.7 Å². The Morgan fingerprint density at radius 1 is 1.36 bits per heavy atom. The predicted octanol–water partition coefficient (Wildman–Crippen LogP) is 1.88. The van der Waals surface area contributed by atoms with Crippen molar-refractivity contribution in [3.8, 4) is 0 Å². The Morgan fingerprint density at radius 2 is 2.07 bits per heavy atom. The maximum Gasteiger partial charge on any atom is 0.245 e. The second-order valence-corrected chi connectivity index (χ2v) is 10.6. The molecule has 0 saturated carbocycles. The molecule has 2 aliphatic heterocycles. The fourth-order valence-electron chi connectivity index (χ4n) is 3.41. The zero-order valence-electron chi connectivity index (χ0n) is 15.5. The van der Waals surface area contributed by atoms with Gasteiger partial charge in [0.15, 0.2) is 9.84 Å². The molecule has 0 aliphatic carbocycles. The second kappa shape index (κ2) is 8.94. The molecule has 10 heteroatoms. The van der Waals surface area contributed by atoms with Crippen LogP contribution in [0.2, 0.25) is 4.34 Å². The van der Waals surface area contributed by atoms with Crippen LogP contribution in [0.25, 0.3) is 6.08 Å². The normalized spacial score (nSPS) is 22.2. The average Bonchev–Trinajstić information content (AvgIpc) is 3.25. The van der Waals surface area contributed by atoms with Crippen LogP contribution in [-0.4, -0.2) is 74.7 Å². The smallest absolute Gasteiger partial charge is 0.245 e. The number of halogens is 1. The summed E-state index contributed by atoms with van der Waals surface area (Å²) < 4.78 is 30.6. The Morgan fingerprint density at radius 3 is 2.71 bits per heavy atom. The molecular formula is C18H23ClN2O5S2. The van der Waals surface area contributed by atoms with E-state index in [9.17, 15) is 18.0 Å². The van der Waals surface area contributed by atoms with Crippen LogP contribution in [0, 0.1) is 5.92 Å². The molecule has 3 heterocycles. The highest BCUT2D eigenvalue weighted by molar-refractivity contribution is 7.94. The predicted molar refractivity (Wildman–Crippen MR) is 109 cm³/mol. The van der Waals surface area contributed by atoms with E-state index in [1.807, 2.05) is 0 Å². The third kappa shape index (κ3) is 5.14. The summed E-state index contributed by atoms with van der Waals surface area (Å²) in [6.45, 7) is 4.11. The summed E-state index contributed by atoms with van der Waals surface area (Å²) in [5.74, 6) is -1.27. The van der Waals surface area contributed by atoms with Gasteiger partial charge < -0.3 is 14.5 Å². The van der Waals surface area contributed by atoms with Gasteiger partial charge in [-0.15, -0.1) is 11.3 Å². The van der Waals surface area contributed by atoms with Gasteiger partial charge in [-0.25, -0.2) is 8.42 Å². The fraction of sp³-hybridized carbons (Fsp3) is 0.556. The molecule has 2 amide bonds. The molecule has 2 atom stereocenters. The first-order chi connectivity index (χ1) is 13.3. The Labute approximate surface area is 173 Å². The van der Waals surface area contributed by atoms with Crippen LogP contribution in [0.3, 0.4) is 0 Å². The van der Waals surface area contributed by atoms with Crippen LogP contribution < -0.4 is 0 Å². The van der Waals surface area contributed by atoms with E-state index < -0.39 is 21.8 Å². The van der Waals surface area contributed by atoms with Crippen LogP contribution in [0.4, 0.5) is 0 Å². The first-order valence-corrected chi connectivity index (χ1v) is 12.0. The zero-order chi connectivity index (χ0) is 20.3. The fourth-order valence-corrected chi connectivity index (χ4v) is 5.79. The van der Waals surface area contributed by atoms with Gasteiger partial charge in [0, 0.05) is 29.9 Å². The van der Waals surface area contributed by atoms with Crippen LogP contribution in [0.15, 0.2) is 17.5 Å². The van der Waals surface area contributed by atoms with Gasteiger partial charge in [-0.1, -0.05) is 11.6 Å². The Hall–Kier alpha value is -1.42. The number of amides is 2. The maximum atomic E-state index is 12.7. The molecule has 2 saturated heterocycles. The molecule has 0 spiro atoms. The highest BCUT2D eigenvalue weighted by Crippen LogP contribution is 2.25. The number of rotatable bonds is 6. The summed E-state index contributed by atoms with van der Waals surface area (Å²) >= 11 is 7.12. The van der Waals surface area contributed by atoms with Gasteiger partial charge in [0.05, 0.1) is 29.2 Å². The molecule has 2 aliphatic rings. The lowest BCUT2D eigenvalue weighted by Gasteiger charge is -2.32. The summed E-state index contributed by atoms with van der Waals surface area (Å²) in [6, 6.07) is 2.84. The van der Waals surface area contributed by atoms with Gasteiger partial charge >= 0.3 is 0 Å². The number of morpholine rings is 1. The minimum atomic E-state index is -3.55. The molecule has 0 N–H and O–H groups in total. The van der Waals surface area contributed by atoms with Crippen molar-refractivity contribution in [3.63, 3.8) is 0 Å². The Bertz CT molecular complexity index is 861. The average molecular weight is 447 g/mol. The highest BCUT2D eigenvalue weighted by Gasteiger charge is 2.39. The lowest BCUT2D eigenvalue weighted by Crippen LogP contribution is -2.51. The minimum Gasteiger partial charge on any atom is -0.378 e. The molecule has 0 bridgehead atoms. The van der Waals surface area contributed by atoms with Crippen molar-refractivity contribution in [2.24, 2.45) is 5.92 Å². The summed E-state index contributed by atoms with van der Waals surface area (Å²) in [6.07, 6.45) is 1.92. The number of hydrogen-bond donors (Lipinski definition) is 0. The van der Waals surface area contributed by atoms with Crippen LogP contribution >= 0.6 is 22.9 Å². The van der Waals surface area contributed by atoms with Crippen molar-refractivity contribution in [2.45, 2.75) is 19.4 Å². The van der Waals surface area contributed by atoms with Crippen molar-refractivity contribution in [1.82, 2.24) is 9.80 Å². The molecule has 154 valence electrons. The summed E-state index contributed by atoms with van der Waals surface area (Å²) in [5.41, 5.74) is 0. The standard InChI is InChI=1S/C18H23ClN2O5S2/c1-13(17(22)20-7-9-26-10-8-20)21-6-4-14(18(21)23)12-28(24,25)11-5-15-2-3-16(19)27-15/h2-3,5,11,13-14H,4,6-10,12H2,1H3/b11-5+/t13-,14?/m0/s1. The Balaban J connectivity index is 1.59. The van der Waals surface area contributed by atoms with Crippen molar-refractivity contribution < 1.29 is 22.7 Å². The highest BCUT2D eigenvalue weighted by atomic mass is 35.5. The number of ether oxygens (including phenoxy) is 1. The van der Waals surface area contributed by atoms with Gasteiger partial charge in [0.25, 0.3) is 0 Å². The Kier molecular flexibility index (Phi) is 6.80. The van der Waals surface area contributed by atoms with Crippen LogP contribution in [0.5, 0.6) is 0 Å². The largest absolute Gasteiger partial charge is 0.378 e. The van der Waals surface area contributed by atoms with Gasteiger partial charge in [0.1, 0.15) is 6.04 Å². The first kappa shape index (κ1) is 21.3. The molecular weight excluding hydrogens is 424 g/mol. The lowest BCUT2D eigenvalue weighted by atomic mass is 10.1. The van der Waals surface area contributed by atoms with E-state index in [2.05, 4.69) is 0 Å². The SMILES string of the molecule is C[C@@H](C(=O)N1CCOCC1)N1CCC(CS(=O)(=O)/C=C/c2ccc(Cl)s2)C1=O. The topological polar surface area (TPSA) is 84.0 Å². The van der Waals surface area contributed by atoms with E-state index in [0.29, 0.717) is 43.6 Å². The quantitative estimate of drug-likeness (QED) is 0.666. The van der Waals surface area contributed by atoms with Crippen LogP contribution in [0.1, 0.15) is 18.2 Å². The lowest BCUT2D eigenvalue weighted by molar-refractivity contribution is -0.146. The summed E-state index contributed by atoms with van der Waals surface area (Å²) in [7, 11) is -3.55. The van der Waals surface area contributed by atoms with Crippen molar-refractivity contribution in [2.75, 3.05) is 38.6 Å². The molecule has 28 heavy (non-hydrogen) atoms. The third-order valence-electron chi connectivity index (χ3n) is 4.97. The van der Waals surface area contributed by atoms with Gasteiger partial charge in [-0.3, -0.25) is 9.59 Å². The van der Waals surface area contributed by atoms with Gasteiger partial charge in [0.2, 0.25) is 11.8 Å². The molecule has 2 fully saturated rings. The molecule has 1 unspecified atom stereocenters. The third-order valence-corrected chi connectivity index (χ3v) is 7.58. The number of nitrogens with zero attached hydrogens (tertiary/aromatic N) is 2. The van der Waals surface area contributed by atoms with Gasteiger partial charge in [-0.05, 0) is 31.6 Å². The zero-order valence-corrected chi connectivity index (χ0v) is 17.9.